The van der Waals surface area contributed by atoms with Crippen molar-refractivity contribution in [1.29, 1.82) is 5.26 Å². The van der Waals surface area contributed by atoms with E-state index in [1.54, 1.807) is 12.3 Å². The third-order valence-electron chi connectivity index (χ3n) is 1.20. The molecule has 0 spiro atoms. The SMILES string of the molecule is CN(C)c1ccnc(C#N)n1. The van der Waals surface area contributed by atoms with E-state index in [0.29, 0.717) is 0 Å². The number of nitrogens with zero attached hydrogens (tertiary/aromatic N) is 4. The molecule has 1 aromatic heterocycles. The van der Waals surface area contributed by atoms with Gasteiger partial charge in [-0.2, -0.15) is 5.26 Å². The minimum Gasteiger partial charge on any atom is -0.363 e. The van der Waals surface area contributed by atoms with Crippen LogP contribution in [0.5, 0.6) is 0 Å². The lowest BCUT2D eigenvalue weighted by Crippen LogP contribution is -2.11. The Bertz CT molecular complexity index is 287. The van der Waals surface area contributed by atoms with Crippen LogP contribution >= 0.6 is 0 Å². The molecule has 4 heteroatoms. The molecule has 0 aliphatic heterocycles. The minimum atomic E-state index is 0.205. The average molecular weight is 148 g/mol. The highest BCUT2D eigenvalue weighted by Crippen LogP contribution is 2.03. The van der Waals surface area contributed by atoms with Crippen molar-refractivity contribution >= 4 is 5.82 Å². The maximum Gasteiger partial charge on any atom is 0.234 e. The molecule has 0 bridgehead atoms. The quantitative estimate of drug-likeness (QED) is 0.579. The Hall–Kier alpha value is -1.63. The van der Waals surface area contributed by atoms with E-state index >= 15 is 0 Å². The summed E-state index contributed by atoms with van der Waals surface area (Å²) in [4.78, 5) is 9.51. The average Bonchev–Trinajstić information content (AvgIpc) is 2.05. The molecule has 0 saturated carbocycles. The summed E-state index contributed by atoms with van der Waals surface area (Å²) in [5.74, 6) is 0.952. The Morgan fingerprint density at radius 2 is 2.27 bits per heavy atom. The summed E-state index contributed by atoms with van der Waals surface area (Å²) in [6.45, 7) is 0. The molecule has 0 radical (unpaired) electrons. The third kappa shape index (κ3) is 1.64. The predicted octanol–water partition coefficient (Wildman–Crippen LogP) is 0.414. The second-order valence-corrected chi connectivity index (χ2v) is 2.24. The summed E-state index contributed by atoms with van der Waals surface area (Å²) in [5.41, 5.74) is 0. The van der Waals surface area contributed by atoms with Crippen molar-refractivity contribution in [1.82, 2.24) is 9.97 Å². The van der Waals surface area contributed by atoms with Crippen molar-refractivity contribution in [3.8, 4) is 6.07 Å². The van der Waals surface area contributed by atoms with E-state index in [9.17, 15) is 0 Å². The van der Waals surface area contributed by atoms with Crippen LogP contribution in [0.15, 0.2) is 12.3 Å². The predicted molar refractivity (Wildman–Crippen MR) is 41.1 cm³/mol. The van der Waals surface area contributed by atoms with E-state index in [0.717, 1.165) is 5.82 Å². The van der Waals surface area contributed by atoms with Gasteiger partial charge in [0.1, 0.15) is 11.9 Å². The maximum absolute atomic E-state index is 8.45. The van der Waals surface area contributed by atoms with Crippen molar-refractivity contribution in [2.24, 2.45) is 0 Å². The van der Waals surface area contributed by atoms with Crippen molar-refractivity contribution in [3.05, 3.63) is 18.1 Å². The molecule has 0 aromatic carbocycles. The zero-order chi connectivity index (χ0) is 8.27. The fourth-order valence-corrected chi connectivity index (χ4v) is 0.652. The maximum atomic E-state index is 8.45. The topological polar surface area (TPSA) is 52.8 Å². The van der Waals surface area contributed by atoms with E-state index < -0.39 is 0 Å². The van der Waals surface area contributed by atoms with Gasteiger partial charge in [0, 0.05) is 20.3 Å². The highest BCUT2D eigenvalue weighted by atomic mass is 15.1. The van der Waals surface area contributed by atoms with Crippen molar-refractivity contribution in [3.63, 3.8) is 0 Å². The lowest BCUT2D eigenvalue weighted by atomic mass is 10.5. The Labute approximate surface area is 65.1 Å². The Morgan fingerprint density at radius 3 is 2.82 bits per heavy atom. The Balaban J connectivity index is 3.03. The van der Waals surface area contributed by atoms with Gasteiger partial charge >= 0.3 is 0 Å². The molecule has 0 unspecified atom stereocenters. The van der Waals surface area contributed by atoms with E-state index in [1.807, 2.05) is 25.1 Å². The van der Waals surface area contributed by atoms with Gasteiger partial charge < -0.3 is 4.90 Å². The molecule has 0 fully saturated rings. The van der Waals surface area contributed by atoms with E-state index in [2.05, 4.69) is 9.97 Å². The van der Waals surface area contributed by atoms with Gasteiger partial charge in [0.05, 0.1) is 0 Å². The first kappa shape index (κ1) is 7.48. The first-order chi connectivity index (χ1) is 5.24. The molecule has 1 aromatic rings. The van der Waals surface area contributed by atoms with Crippen LogP contribution in [0.2, 0.25) is 0 Å². The van der Waals surface area contributed by atoms with Gasteiger partial charge in [0.15, 0.2) is 0 Å². The monoisotopic (exact) mass is 148 g/mol. The van der Waals surface area contributed by atoms with Gasteiger partial charge in [-0.15, -0.1) is 0 Å². The van der Waals surface area contributed by atoms with Gasteiger partial charge in [-0.25, -0.2) is 9.97 Å². The number of anilines is 1. The number of aromatic nitrogens is 2. The van der Waals surface area contributed by atoms with Crippen LogP contribution in [0.25, 0.3) is 0 Å². The molecule has 56 valence electrons. The molecular formula is C7H8N4. The third-order valence-corrected chi connectivity index (χ3v) is 1.20. The van der Waals surface area contributed by atoms with Crippen molar-refractivity contribution in [2.75, 3.05) is 19.0 Å². The molecule has 0 saturated heterocycles. The van der Waals surface area contributed by atoms with Gasteiger partial charge in [0.2, 0.25) is 5.82 Å². The van der Waals surface area contributed by atoms with Gasteiger partial charge in [0.25, 0.3) is 0 Å². The van der Waals surface area contributed by atoms with Crippen LogP contribution < -0.4 is 4.90 Å². The van der Waals surface area contributed by atoms with Crippen LogP contribution in [0.4, 0.5) is 5.82 Å². The zero-order valence-corrected chi connectivity index (χ0v) is 6.44. The number of rotatable bonds is 1. The summed E-state index contributed by atoms with van der Waals surface area (Å²) in [5, 5.41) is 8.45. The molecule has 4 nitrogen and oxygen atoms in total. The number of hydrogen-bond donors (Lipinski definition) is 0. The first-order valence-electron chi connectivity index (χ1n) is 3.14. The second kappa shape index (κ2) is 2.97. The first-order valence-corrected chi connectivity index (χ1v) is 3.14. The van der Waals surface area contributed by atoms with Gasteiger partial charge in [-0.05, 0) is 6.07 Å². The van der Waals surface area contributed by atoms with Crippen LogP contribution in [0.1, 0.15) is 5.82 Å². The molecule has 0 atom stereocenters. The molecular weight excluding hydrogens is 140 g/mol. The molecule has 1 heterocycles. The molecule has 11 heavy (non-hydrogen) atoms. The fraction of sp³-hybridized carbons (Fsp3) is 0.286. The summed E-state index contributed by atoms with van der Waals surface area (Å²) in [6.07, 6.45) is 1.57. The molecule has 0 N–H and O–H groups in total. The molecule has 0 aliphatic rings. The largest absolute Gasteiger partial charge is 0.363 e. The lowest BCUT2D eigenvalue weighted by Gasteiger charge is -2.09. The highest BCUT2D eigenvalue weighted by molar-refractivity contribution is 5.36. The van der Waals surface area contributed by atoms with Crippen LogP contribution in [-0.2, 0) is 0 Å². The van der Waals surface area contributed by atoms with Crippen LogP contribution in [0, 0.1) is 11.3 Å². The smallest absolute Gasteiger partial charge is 0.234 e. The standard InChI is InChI=1S/C7H8N4/c1-11(2)7-3-4-9-6(5-8)10-7/h3-4H,1-2H3. The summed E-state index contributed by atoms with van der Waals surface area (Å²) in [6, 6.07) is 3.62. The minimum absolute atomic E-state index is 0.205. The summed E-state index contributed by atoms with van der Waals surface area (Å²) < 4.78 is 0. The lowest BCUT2D eigenvalue weighted by molar-refractivity contribution is 1.02. The van der Waals surface area contributed by atoms with Gasteiger partial charge in [-0.1, -0.05) is 0 Å². The fourth-order valence-electron chi connectivity index (χ4n) is 0.652. The number of nitriles is 1. The van der Waals surface area contributed by atoms with Crippen molar-refractivity contribution < 1.29 is 0 Å². The molecule has 0 amide bonds. The van der Waals surface area contributed by atoms with Gasteiger partial charge in [-0.3, -0.25) is 0 Å². The van der Waals surface area contributed by atoms with Crippen molar-refractivity contribution in [2.45, 2.75) is 0 Å². The van der Waals surface area contributed by atoms with E-state index in [4.69, 9.17) is 5.26 Å². The Morgan fingerprint density at radius 1 is 1.55 bits per heavy atom. The Kier molecular flexibility index (Phi) is 2.02. The highest BCUT2D eigenvalue weighted by Gasteiger charge is 1.97. The van der Waals surface area contributed by atoms with Crippen LogP contribution in [0.3, 0.4) is 0 Å². The molecule has 1 rings (SSSR count). The van der Waals surface area contributed by atoms with Crippen LogP contribution in [-0.4, -0.2) is 24.1 Å². The summed E-state index contributed by atoms with van der Waals surface area (Å²) in [7, 11) is 3.73. The number of hydrogen-bond acceptors (Lipinski definition) is 4. The summed E-state index contributed by atoms with van der Waals surface area (Å²) >= 11 is 0. The normalized spacial score (nSPS) is 8.82. The van der Waals surface area contributed by atoms with E-state index in [-0.39, 0.29) is 5.82 Å². The van der Waals surface area contributed by atoms with E-state index in [1.165, 1.54) is 0 Å². The molecule has 0 aliphatic carbocycles. The zero-order valence-electron chi connectivity index (χ0n) is 6.44. The second-order valence-electron chi connectivity index (χ2n) is 2.24.